The first kappa shape index (κ1) is 24.1. The Bertz CT molecular complexity index is 755. The van der Waals surface area contributed by atoms with E-state index in [1.807, 2.05) is 48.7 Å². The van der Waals surface area contributed by atoms with Crippen molar-refractivity contribution in [2.45, 2.75) is 19.5 Å². The number of guanidine groups is 1. The van der Waals surface area contributed by atoms with Gasteiger partial charge in [0, 0.05) is 44.6 Å². The normalized spacial score (nSPS) is 12.8. The highest BCUT2D eigenvalue weighted by Gasteiger charge is 2.16. The Kier molecular flexibility index (Phi) is 9.92. The molecule has 2 aromatic rings. The lowest BCUT2D eigenvalue weighted by Crippen LogP contribution is -2.41. The van der Waals surface area contributed by atoms with Crippen LogP contribution in [-0.4, -0.2) is 52.4 Å². The Hall–Kier alpha value is -0.970. The molecule has 0 saturated carbocycles. The number of rotatable bonds is 7. The highest BCUT2D eigenvalue weighted by molar-refractivity contribution is 14.0. The molecule has 27 heavy (non-hydrogen) atoms. The zero-order valence-corrected chi connectivity index (χ0v) is 20.2. The maximum Gasteiger partial charge on any atom is 0.191 e. The Morgan fingerprint density at radius 2 is 2.00 bits per heavy atom. The first-order chi connectivity index (χ1) is 12.3. The van der Waals surface area contributed by atoms with Gasteiger partial charge in [0.15, 0.2) is 5.96 Å². The van der Waals surface area contributed by atoms with Crippen LogP contribution in [0.1, 0.15) is 24.2 Å². The fourth-order valence-electron chi connectivity index (χ4n) is 2.65. The number of nitrogens with zero attached hydrogens (tertiary/aromatic N) is 5. The molecule has 0 amide bonds. The van der Waals surface area contributed by atoms with Crippen molar-refractivity contribution in [1.82, 2.24) is 29.9 Å². The van der Waals surface area contributed by atoms with Crippen molar-refractivity contribution < 1.29 is 0 Å². The first-order valence-electron chi connectivity index (χ1n) is 8.50. The van der Waals surface area contributed by atoms with Crippen LogP contribution in [0.2, 0.25) is 10.2 Å². The van der Waals surface area contributed by atoms with Crippen LogP contribution in [0.5, 0.6) is 0 Å². The standard InChI is InChI=1S/C17H27Cl2N7.HI/c1-6-20-17(21-9-13-7-14(18)16(19)26(13)5)22-10-15(24(2)3)12-8-23-25(4)11-12;/h7-8,11,15H,6,9-10H2,1-5H3,(H2,20,21,22);1H. The van der Waals surface area contributed by atoms with Gasteiger partial charge in [-0.25, -0.2) is 4.99 Å². The fraction of sp³-hybridized carbons (Fsp3) is 0.529. The summed E-state index contributed by atoms with van der Waals surface area (Å²) in [6.07, 6.45) is 3.93. The van der Waals surface area contributed by atoms with E-state index < -0.39 is 0 Å². The number of nitrogens with one attached hydrogen (secondary N) is 2. The zero-order valence-electron chi connectivity index (χ0n) is 16.3. The van der Waals surface area contributed by atoms with Gasteiger partial charge in [-0.2, -0.15) is 5.10 Å². The van der Waals surface area contributed by atoms with Gasteiger partial charge in [0.2, 0.25) is 0 Å². The van der Waals surface area contributed by atoms with E-state index in [2.05, 4.69) is 39.7 Å². The number of aliphatic imine (C=N–C) groups is 1. The average molecular weight is 528 g/mol. The Balaban J connectivity index is 0.00000364. The summed E-state index contributed by atoms with van der Waals surface area (Å²) in [7, 11) is 7.91. The Labute approximate surface area is 188 Å². The van der Waals surface area contributed by atoms with Crippen LogP contribution in [0.3, 0.4) is 0 Å². The van der Waals surface area contributed by atoms with Crippen LogP contribution in [0.15, 0.2) is 23.5 Å². The minimum Gasteiger partial charge on any atom is -0.357 e. The molecule has 0 spiro atoms. The highest BCUT2D eigenvalue weighted by atomic mass is 127. The predicted octanol–water partition coefficient (Wildman–Crippen LogP) is 3.04. The summed E-state index contributed by atoms with van der Waals surface area (Å²) in [5.74, 6) is 0.747. The van der Waals surface area contributed by atoms with Crippen LogP contribution in [0.4, 0.5) is 0 Å². The summed E-state index contributed by atoms with van der Waals surface area (Å²) < 4.78 is 3.66. The number of halogens is 3. The Morgan fingerprint density at radius 3 is 2.48 bits per heavy atom. The van der Waals surface area contributed by atoms with Crippen molar-refractivity contribution in [1.29, 1.82) is 0 Å². The summed E-state index contributed by atoms with van der Waals surface area (Å²) in [6.45, 7) is 4.01. The summed E-state index contributed by atoms with van der Waals surface area (Å²) in [5, 5.41) is 12.0. The third-order valence-electron chi connectivity index (χ3n) is 4.15. The van der Waals surface area contributed by atoms with Crippen molar-refractivity contribution >= 4 is 53.1 Å². The van der Waals surface area contributed by atoms with Gasteiger partial charge in [0.05, 0.1) is 23.8 Å². The molecule has 152 valence electrons. The highest BCUT2D eigenvalue weighted by Crippen LogP contribution is 2.25. The van der Waals surface area contributed by atoms with Gasteiger partial charge in [-0.05, 0) is 27.1 Å². The van der Waals surface area contributed by atoms with Crippen molar-refractivity contribution in [3.05, 3.63) is 39.9 Å². The molecule has 0 radical (unpaired) electrons. The van der Waals surface area contributed by atoms with Crippen LogP contribution in [0.25, 0.3) is 0 Å². The minimum absolute atomic E-state index is 0. The number of hydrogen-bond acceptors (Lipinski definition) is 3. The average Bonchev–Trinajstić information content (AvgIpc) is 3.11. The molecule has 1 unspecified atom stereocenters. The van der Waals surface area contributed by atoms with Gasteiger partial charge in [0.25, 0.3) is 0 Å². The topological polar surface area (TPSA) is 62.4 Å². The van der Waals surface area contributed by atoms with Gasteiger partial charge in [-0.15, -0.1) is 24.0 Å². The molecule has 10 heteroatoms. The van der Waals surface area contributed by atoms with E-state index in [0.29, 0.717) is 23.3 Å². The van der Waals surface area contributed by atoms with Gasteiger partial charge in [-0.3, -0.25) is 4.68 Å². The van der Waals surface area contributed by atoms with Gasteiger partial charge in [0.1, 0.15) is 5.15 Å². The van der Waals surface area contributed by atoms with E-state index in [1.165, 1.54) is 0 Å². The molecule has 1 atom stereocenters. The fourth-order valence-corrected chi connectivity index (χ4v) is 3.06. The van der Waals surface area contributed by atoms with Crippen molar-refractivity contribution in [3.63, 3.8) is 0 Å². The minimum atomic E-state index is 0. The molecule has 0 saturated heterocycles. The molecule has 0 fully saturated rings. The molecule has 0 aliphatic rings. The number of aromatic nitrogens is 3. The smallest absolute Gasteiger partial charge is 0.191 e. The molecular weight excluding hydrogens is 500 g/mol. The van der Waals surface area contributed by atoms with Crippen LogP contribution in [0, 0.1) is 0 Å². The molecule has 7 nitrogen and oxygen atoms in total. The van der Waals surface area contributed by atoms with E-state index >= 15 is 0 Å². The summed E-state index contributed by atoms with van der Waals surface area (Å²) in [5.41, 5.74) is 2.11. The van der Waals surface area contributed by atoms with E-state index in [1.54, 1.807) is 0 Å². The summed E-state index contributed by atoms with van der Waals surface area (Å²) >= 11 is 12.2. The van der Waals surface area contributed by atoms with E-state index in [0.717, 1.165) is 23.8 Å². The molecule has 0 aliphatic carbocycles. The first-order valence-corrected chi connectivity index (χ1v) is 9.25. The second-order valence-electron chi connectivity index (χ2n) is 6.34. The predicted molar refractivity (Wildman–Crippen MR) is 123 cm³/mol. The molecular formula is C17H28Cl2IN7. The molecule has 2 heterocycles. The second-order valence-corrected chi connectivity index (χ2v) is 7.10. The van der Waals surface area contributed by atoms with Gasteiger partial charge in [-0.1, -0.05) is 23.2 Å². The molecule has 0 bridgehead atoms. The monoisotopic (exact) mass is 527 g/mol. The second kappa shape index (κ2) is 11.1. The van der Waals surface area contributed by atoms with Crippen molar-refractivity contribution in [2.24, 2.45) is 19.1 Å². The van der Waals surface area contributed by atoms with Gasteiger partial charge >= 0.3 is 0 Å². The maximum absolute atomic E-state index is 6.12. The van der Waals surface area contributed by atoms with Crippen LogP contribution in [-0.2, 0) is 20.6 Å². The Morgan fingerprint density at radius 1 is 1.30 bits per heavy atom. The molecule has 0 aromatic carbocycles. The summed E-state index contributed by atoms with van der Waals surface area (Å²) in [4.78, 5) is 6.80. The number of likely N-dealkylation sites (N-methyl/N-ethyl adjacent to an activating group) is 1. The van der Waals surface area contributed by atoms with E-state index in [4.69, 9.17) is 23.2 Å². The molecule has 2 N–H and O–H groups in total. The number of aryl methyl sites for hydroxylation is 1. The SMILES string of the molecule is CCNC(=NCc1cc(Cl)c(Cl)n1C)NCC(c1cnn(C)c1)N(C)C.I. The maximum atomic E-state index is 6.12. The van der Waals surface area contributed by atoms with Gasteiger partial charge < -0.3 is 20.1 Å². The molecule has 0 aliphatic heterocycles. The van der Waals surface area contributed by atoms with Crippen molar-refractivity contribution in [2.75, 3.05) is 27.2 Å². The van der Waals surface area contributed by atoms with E-state index in [-0.39, 0.29) is 30.0 Å². The lowest BCUT2D eigenvalue weighted by atomic mass is 10.1. The van der Waals surface area contributed by atoms with Crippen LogP contribution >= 0.6 is 47.2 Å². The molecule has 2 rings (SSSR count). The van der Waals surface area contributed by atoms with Crippen LogP contribution < -0.4 is 10.6 Å². The third-order valence-corrected chi connectivity index (χ3v) is 5.00. The van der Waals surface area contributed by atoms with E-state index in [9.17, 15) is 0 Å². The van der Waals surface area contributed by atoms with Crippen molar-refractivity contribution in [3.8, 4) is 0 Å². The number of hydrogen-bond donors (Lipinski definition) is 2. The summed E-state index contributed by atoms with van der Waals surface area (Å²) in [6, 6.07) is 2.03. The lowest BCUT2D eigenvalue weighted by Gasteiger charge is -2.24. The third kappa shape index (κ3) is 6.55. The quantitative estimate of drug-likeness (QED) is 0.330. The molecule has 2 aromatic heterocycles. The largest absolute Gasteiger partial charge is 0.357 e. The zero-order chi connectivity index (χ0) is 19.3. The lowest BCUT2D eigenvalue weighted by molar-refractivity contribution is 0.298.